The second-order valence-corrected chi connectivity index (χ2v) is 6.77. The van der Waals surface area contributed by atoms with Crippen molar-refractivity contribution in [2.45, 2.75) is 57.0 Å². The van der Waals surface area contributed by atoms with Crippen LogP contribution in [0.5, 0.6) is 0 Å². The number of anilines is 1. The van der Waals surface area contributed by atoms with Gasteiger partial charge in [0, 0.05) is 25.3 Å². The van der Waals surface area contributed by atoms with Crippen molar-refractivity contribution in [1.82, 2.24) is 14.1 Å². The molecule has 1 unspecified atom stereocenters. The summed E-state index contributed by atoms with van der Waals surface area (Å²) >= 11 is 0. The zero-order valence-electron chi connectivity index (χ0n) is 11.5. The lowest BCUT2D eigenvalue weighted by atomic mass is 10.0. The number of rotatable bonds is 4. The van der Waals surface area contributed by atoms with Gasteiger partial charge < -0.3 is 5.73 Å². The summed E-state index contributed by atoms with van der Waals surface area (Å²) in [4.78, 5) is 0.148. The van der Waals surface area contributed by atoms with Crippen molar-refractivity contribution in [3.05, 3.63) is 6.20 Å². The van der Waals surface area contributed by atoms with Crippen LogP contribution in [0, 0.1) is 0 Å². The van der Waals surface area contributed by atoms with Gasteiger partial charge in [0.1, 0.15) is 4.90 Å². The van der Waals surface area contributed by atoms with Crippen LogP contribution in [0.1, 0.15) is 39.5 Å². The fourth-order valence-corrected chi connectivity index (χ4v) is 4.43. The molecule has 0 radical (unpaired) electrons. The highest BCUT2D eigenvalue weighted by Crippen LogP contribution is 2.29. The Balaban J connectivity index is 2.37. The molecule has 0 aromatic carbocycles. The quantitative estimate of drug-likeness (QED) is 0.908. The molecule has 2 heterocycles. The molecule has 2 N–H and O–H groups in total. The van der Waals surface area contributed by atoms with Gasteiger partial charge >= 0.3 is 0 Å². The first-order valence-corrected chi connectivity index (χ1v) is 8.29. The van der Waals surface area contributed by atoms with E-state index in [-0.39, 0.29) is 16.8 Å². The smallest absolute Gasteiger partial charge is 0.248 e. The van der Waals surface area contributed by atoms with Crippen LogP contribution in [0.4, 0.5) is 5.82 Å². The van der Waals surface area contributed by atoms with Crippen LogP contribution >= 0.6 is 0 Å². The zero-order valence-corrected chi connectivity index (χ0v) is 12.4. The molecule has 6 nitrogen and oxygen atoms in total. The van der Waals surface area contributed by atoms with E-state index in [0.29, 0.717) is 13.1 Å². The average Bonchev–Trinajstić information content (AvgIpc) is 2.80. The summed E-state index contributed by atoms with van der Waals surface area (Å²) in [7, 11) is -3.52. The number of sulfonamides is 1. The Morgan fingerprint density at radius 2 is 2.16 bits per heavy atom. The number of hydrogen-bond donors (Lipinski definition) is 1. The third-order valence-corrected chi connectivity index (χ3v) is 5.68. The van der Waals surface area contributed by atoms with E-state index in [9.17, 15) is 8.42 Å². The first-order valence-electron chi connectivity index (χ1n) is 6.85. The van der Waals surface area contributed by atoms with Crippen LogP contribution in [0.25, 0.3) is 0 Å². The van der Waals surface area contributed by atoms with Crippen molar-refractivity contribution in [2.24, 2.45) is 0 Å². The van der Waals surface area contributed by atoms with Gasteiger partial charge in [0.2, 0.25) is 10.0 Å². The summed E-state index contributed by atoms with van der Waals surface area (Å²) < 4.78 is 28.6. The lowest BCUT2D eigenvalue weighted by molar-refractivity contribution is 0.246. The van der Waals surface area contributed by atoms with E-state index < -0.39 is 10.0 Å². The highest BCUT2D eigenvalue weighted by atomic mass is 32.2. The van der Waals surface area contributed by atoms with E-state index in [4.69, 9.17) is 5.73 Å². The minimum absolute atomic E-state index is 0.0862. The van der Waals surface area contributed by atoms with Gasteiger partial charge in [0.15, 0.2) is 5.82 Å². The van der Waals surface area contributed by atoms with Crippen molar-refractivity contribution in [2.75, 3.05) is 12.3 Å². The van der Waals surface area contributed by atoms with E-state index >= 15 is 0 Å². The fraction of sp³-hybridized carbons (Fsp3) is 0.750. The molecule has 1 aromatic heterocycles. The summed E-state index contributed by atoms with van der Waals surface area (Å²) in [5, 5.41) is 4.03. The second-order valence-electron chi connectivity index (χ2n) is 4.91. The van der Waals surface area contributed by atoms with E-state index in [1.54, 1.807) is 8.99 Å². The van der Waals surface area contributed by atoms with Gasteiger partial charge in [-0.2, -0.15) is 9.40 Å². The van der Waals surface area contributed by atoms with Crippen LogP contribution in [0.3, 0.4) is 0 Å². The first kappa shape index (κ1) is 14.3. The minimum atomic E-state index is -3.52. The third-order valence-electron chi connectivity index (χ3n) is 3.71. The second kappa shape index (κ2) is 5.50. The standard InChI is InChI=1S/C12H22N4O2S/c1-3-10-7-5-6-8-16(10)19(17,18)11-9-15(4-2)14-12(11)13/h9-10H,3-8H2,1-2H3,(H2,13,14). The molecule has 0 saturated carbocycles. The Morgan fingerprint density at radius 1 is 1.42 bits per heavy atom. The number of hydrogen-bond acceptors (Lipinski definition) is 4. The molecular weight excluding hydrogens is 264 g/mol. The van der Waals surface area contributed by atoms with E-state index in [0.717, 1.165) is 25.7 Å². The van der Waals surface area contributed by atoms with Gasteiger partial charge in [-0.3, -0.25) is 4.68 Å². The Bertz CT molecular complexity index is 538. The molecule has 0 bridgehead atoms. The van der Waals surface area contributed by atoms with Crippen LogP contribution in [0.15, 0.2) is 11.1 Å². The lowest BCUT2D eigenvalue weighted by Crippen LogP contribution is -2.43. The molecule has 1 aliphatic heterocycles. The predicted molar refractivity (Wildman–Crippen MR) is 74.1 cm³/mol. The van der Waals surface area contributed by atoms with E-state index in [1.165, 1.54) is 6.20 Å². The van der Waals surface area contributed by atoms with E-state index in [1.807, 2.05) is 13.8 Å². The first-order chi connectivity index (χ1) is 9.00. The SMILES string of the molecule is CCC1CCCCN1S(=O)(=O)c1cn(CC)nc1N. The van der Waals surface area contributed by atoms with Gasteiger partial charge in [0.25, 0.3) is 0 Å². The number of nitrogens with two attached hydrogens (primary N) is 1. The van der Waals surface area contributed by atoms with Gasteiger partial charge in [-0.25, -0.2) is 8.42 Å². The van der Waals surface area contributed by atoms with Crippen molar-refractivity contribution in [3.63, 3.8) is 0 Å². The van der Waals surface area contributed by atoms with Crippen LogP contribution in [-0.2, 0) is 16.6 Å². The topological polar surface area (TPSA) is 81.2 Å². The molecule has 1 fully saturated rings. The Kier molecular flexibility index (Phi) is 4.15. The van der Waals surface area contributed by atoms with Crippen molar-refractivity contribution >= 4 is 15.8 Å². The molecule has 108 valence electrons. The molecule has 1 aliphatic rings. The maximum Gasteiger partial charge on any atom is 0.248 e. The van der Waals surface area contributed by atoms with Gasteiger partial charge in [-0.1, -0.05) is 13.3 Å². The Morgan fingerprint density at radius 3 is 2.74 bits per heavy atom. The van der Waals surface area contributed by atoms with E-state index in [2.05, 4.69) is 5.10 Å². The van der Waals surface area contributed by atoms with Crippen molar-refractivity contribution in [1.29, 1.82) is 0 Å². The largest absolute Gasteiger partial charge is 0.381 e. The predicted octanol–water partition coefficient (Wildman–Crippen LogP) is 1.44. The summed E-state index contributed by atoms with van der Waals surface area (Å²) in [6, 6.07) is 0.0862. The van der Waals surface area contributed by atoms with Crippen LogP contribution in [-0.4, -0.2) is 35.1 Å². The Hall–Kier alpha value is -1.08. The lowest BCUT2D eigenvalue weighted by Gasteiger charge is -2.33. The van der Waals surface area contributed by atoms with Crippen LogP contribution < -0.4 is 5.73 Å². The van der Waals surface area contributed by atoms with Crippen LogP contribution in [0.2, 0.25) is 0 Å². The number of aryl methyl sites for hydroxylation is 1. The number of aromatic nitrogens is 2. The summed E-state index contributed by atoms with van der Waals surface area (Å²) in [5.41, 5.74) is 5.76. The normalized spacial score (nSPS) is 21.7. The highest BCUT2D eigenvalue weighted by molar-refractivity contribution is 7.89. The average molecular weight is 286 g/mol. The maximum atomic E-state index is 12.7. The minimum Gasteiger partial charge on any atom is -0.381 e. The molecule has 2 rings (SSSR count). The van der Waals surface area contributed by atoms with Gasteiger partial charge in [0.05, 0.1) is 0 Å². The zero-order chi connectivity index (χ0) is 14.0. The third kappa shape index (κ3) is 2.62. The summed E-state index contributed by atoms with van der Waals surface area (Å²) in [6.07, 6.45) is 5.30. The maximum absolute atomic E-state index is 12.7. The highest BCUT2D eigenvalue weighted by Gasteiger charge is 2.34. The molecule has 1 saturated heterocycles. The summed E-state index contributed by atoms with van der Waals surface area (Å²) in [6.45, 7) is 5.12. The monoisotopic (exact) mass is 286 g/mol. The Labute approximate surface area is 114 Å². The molecule has 0 spiro atoms. The van der Waals surface area contributed by atoms with Crippen molar-refractivity contribution in [3.8, 4) is 0 Å². The molecule has 7 heteroatoms. The molecule has 1 aromatic rings. The molecule has 1 atom stereocenters. The van der Waals surface area contributed by atoms with Gasteiger partial charge in [-0.05, 0) is 26.2 Å². The molecule has 0 amide bonds. The number of nitrogen functional groups attached to an aromatic ring is 1. The summed E-state index contributed by atoms with van der Waals surface area (Å²) in [5.74, 6) is 0.0993. The number of nitrogens with zero attached hydrogens (tertiary/aromatic N) is 3. The fourth-order valence-electron chi connectivity index (χ4n) is 2.60. The van der Waals surface area contributed by atoms with Gasteiger partial charge in [-0.15, -0.1) is 0 Å². The molecular formula is C12H22N4O2S. The molecule has 0 aliphatic carbocycles. The number of piperidine rings is 1. The van der Waals surface area contributed by atoms with Crippen molar-refractivity contribution < 1.29 is 8.42 Å². The molecule has 19 heavy (non-hydrogen) atoms.